The standard InChI is InChI=1S/C25H24N6O2S/c1-2-14-29-22(19-7-6-8-21(16-19)31(32)33)17-34-25(29)26-20-12-10-18(11-13-20)24-28-27-23-9-4-3-5-15-30(23)24/h2,6-8,10-13,16-17H,1,3-5,9,14-15H2. The fourth-order valence-corrected chi connectivity index (χ4v) is 5.17. The molecule has 34 heavy (non-hydrogen) atoms. The topological polar surface area (TPSA) is 91.1 Å². The Morgan fingerprint density at radius 3 is 2.76 bits per heavy atom. The molecule has 1 aliphatic heterocycles. The highest BCUT2D eigenvalue weighted by Gasteiger charge is 2.16. The van der Waals surface area contributed by atoms with Gasteiger partial charge in [-0.2, -0.15) is 0 Å². The summed E-state index contributed by atoms with van der Waals surface area (Å²) in [6.45, 7) is 5.37. The molecule has 3 heterocycles. The van der Waals surface area contributed by atoms with Crippen molar-refractivity contribution in [2.75, 3.05) is 0 Å². The molecule has 2 aromatic carbocycles. The van der Waals surface area contributed by atoms with E-state index in [1.165, 1.54) is 30.2 Å². The summed E-state index contributed by atoms with van der Waals surface area (Å²) in [7, 11) is 0. The van der Waals surface area contributed by atoms with Crippen molar-refractivity contribution in [3.63, 3.8) is 0 Å². The van der Waals surface area contributed by atoms with E-state index in [1.807, 2.05) is 40.3 Å². The molecule has 0 N–H and O–H groups in total. The Balaban J connectivity index is 1.48. The number of hydrogen-bond donors (Lipinski definition) is 0. The summed E-state index contributed by atoms with van der Waals surface area (Å²) in [6.07, 6.45) is 6.33. The average Bonchev–Trinajstić information content (AvgIpc) is 3.36. The molecule has 5 rings (SSSR count). The van der Waals surface area contributed by atoms with Gasteiger partial charge in [0.05, 0.1) is 16.3 Å². The lowest BCUT2D eigenvalue weighted by Gasteiger charge is -2.07. The van der Waals surface area contributed by atoms with Crippen molar-refractivity contribution in [3.05, 3.63) is 87.3 Å². The molecule has 0 aliphatic carbocycles. The second-order valence-electron chi connectivity index (χ2n) is 8.17. The molecule has 0 saturated heterocycles. The second kappa shape index (κ2) is 9.56. The molecular weight excluding hydrogens is 448 g/mol. The average molecular weight is 473 g/mol. The van der Waals surface area contributed by atoms with Crippen LogP contribution in [0.25, 0.3) is 22.6 Å². The third kappa shape index (κ3) is 4.34. The SMILES string of the molecule is C=CCn1c(-c2cccc([N+](=O)[O-])c2)csc1=Nc1ccc(-c2nnc3n2CCCCC3)cc1. The molecule has 0 saturated carbocycles. The van der Waals surface area contributed by atoms with Gasteiger partial charge in [-0.05, 0) is 37.1 Å². The van der Waals surface area contributed by atoms with Gasteiger partial charge in [0, 0.05) is 48.2 Å². The lowest BCUT2D eigenvalue weighted by Crippen LogP contribution is -2.14. The largest absolute Gasteiger partial charge is 0.313 e. The number of hydrogen-bond acceptors (Lipinski definition) is 6. The van der Waals surface area contributed by atoms with E-state index >= 15 is 0 Å². The number of thiazole rings is 1. The maximum Gasteiger partial charge on any atom is 0.270 e. The van der Waals surface area contributed by atoms with E-state index < -0.39 is 0 Å². The van der Waals surface area contributed by atoms with Crippen LogP contribution < -0.4 is 4.80 Å². The van der Waals surface area contributed by atoms with Crippen molar-refractivity contribution in [2.45, 2.75) is 38.8 Å². The van der Waals surface area contributed by atoms with Crippen LogP contribution in [0.3, 0.4) is 0 Å². The van der Waals surface area contributed by atoms with E-state index in [0.29, 0.717) is 6.54 Å². The fourth-order valence-electron chi connectivity index (χ4n) is 4.23. The second-order valence-corrected chi connectivity index (χ2v) is 9.01. The van der Waals surface area contributed by atoms with Crippen LogP contribution >= 0.6 is 11.3 Å². The van der Waals surface area contributed by atoms with Crippen molar-refractivity contribution in [2.24, 2.45) is 4.99 Å². The smallest absolute Gasteiger partial charge is 0.270 e. The van der Waals surface area contributed by atoms with Crippen molar-refractivity contribution in [1.29, 1.82) is 0 Å². The van der Waals surface area contributed by atoms with E-state index in [9.17, 15) is 10.1 Å². The molecule has 9 heteroatoms. The minimum Gasteiger partial charge on any atom is -0.313 e. The maximum atomic E-state index is 11.2. The van der Waals surface area contributed by atoms with Crippen molar-refractivity contribution in [3.8, 4) is 22.6 Å². The molecule has 0 unspecified atom stereocenters. The molecule has 1 aliphatic rings. The summed E-state index contributed by atoms with van der Waals surface area (Å²) in [4.78, 5) is 16.5. The summed E-state index contributed by atoms with van der Waals surface area (Å²) in [5, 5.41) is 22.0. The van der Waals surface area contributed by atoms with Crippen LogP contribution in [0, 0.1) is 10.1 Å². The summed E-state index contributed by atoms with van der Waals surface area (Å²) in [5.41, 5.74) is 3.56. The van der Waals surface area contributed by atoms with E-state index in [1.54, 1.807) is 18.2 Å². The Morgan fingerprint density at radius 1 is 1.12 bits per heavy atom. The molecule has 4 aromatic rings. The first-order valence-electron chi connectivity index (χ1n) is 11.3. The zero-order chi connectivity index (χ0) is 23.5. The summed E-state index contributed by atoms with van der Waals surface area (Å²) in [6, 6.07) is 14.7. The molecule has 0 fully saturated rings. The Labute approximate surface area is 200 Å². The molecule has 0 atom stereocenters. The summed E-state index contributed by atoms with van der Waals surface area (Å²) in [5.74, 6) is 1.98. The minimum atomic E-state index is -0.380. The Morgan fingerprint density at radius 2 is 1.97 bits per heavy atom. The number of aryl methyl sites for hydroxylation is 1. The van der Waals surface area contributed by atoms with Crippen LogP contribution in [0.5, 0.6) is 0 Å². The van der Waals surface area contributed by atoms with Crippen molar-refractivity contribution < 1.29 is 4.92 Å². The minimum absolute atomic E-state index is 0.0642. The van der Waals surface area contributed by atoms with Crippen LogP contribution in [0.4, 0.5) is 11.4 Å². The summed E-state index contributed by atoms with van der Waals surface area (Å²) < 4.78 is 4.25. The number of rotatable bonds is 6. The van der Waals surface area contributed by atoms with Gasteiger partial charge in [-0.15, -0.1) is 28.1 Å². The number of nitro groups is 1. The number of nitro benzene ring substituents is 1. The first-order chi connectivity index (χ1) is 16.6. The number of allylic oxidation sites excluding steroid dienone is 1. The van der Waals surface area contributed by atoms with Gasteiger partial charge in [-0.3, -0.25) is 10.1 Å². The maximum absolute atomic E-state index is 11.2. The molecule has 0 spiro atoms. The zero-order valence-corrected chi connectivity index (χ0v) is 19.4. The zero-order valence-electron chi connectivity index (χ0n) is 18.6. The first-order valence-corrected chi connectivity index (χ1v) is 12.1. The fraction of sp³-hybridized carbons (Fsp3) is 0.240. The Bertz CT molecular complexity index is 1410. The van der Waals surface area contributed by atoms with Crippen molar-refractivity contribution >= 4 is 22.7 Å². The Hall–Kier alpha value is -3.85. The number of benzene rings is 2. The van der Waals surface area contributed by atoms with Gasteiger partial charge in [0.1, 0.15) is 5.82 Å². The van der Waals surface area contributed by atoms with Gasteiger partial charge in [-0.25, -0.2) is 4.99 Å². The number of nitrogens with zero attached hydrogens (tertiary/aromatic N) is 6. The predicted molar refractivity (Wildman–Crippen MR) is 133 cm³/mol. The van der Waals surface area contributed by atoms with E-state index in [2.05, 4.69) is 21.3 Å². The van der Waals surface area contributed by atoms with Crippen LogP contribution in [-0.4, -0.2) is 24.3 Å². The van der Waals surface area contributed by atoms with E-state index in [-0.39, 0.29) is 10.6 Å². The van der Waals surface area contributed by atoms with Crippen LogP contribution in [-0.2, 0) is 19.5 Å². The lowest BCUT2D eigenvalue weighted by molar-refractivity contribution is -0.384. The molecule has 8 nitrogen and oxygen atoms in total. The quantitative estimate of drug-likeness (QED) is 0.210. The highest BCUT2D eigenvalue weighted by atomic mass is 32.1. The van der Waals surface area contributed by atoms with Gasteiger partial charge < -0.3 is 9.13 Å². The summed E-state index contributed by atoms with van der Waals surface area (Å²) >= 11 is 1.50. The number of non-ortho nitro benzene ring substituents is 1. The Kier molecular flexibility index (Phi) is 6.18. The predicted octanol–water partition coefficient (Wildman–Crippen LogP) is 5.53. The van der Waals surface area contributed by atoms with Gasteiger partial charge >= 0.3 is 0 Å². The van der Waals surface area contributed by atoms with Crippen LogP contribution in [0.2, 0.25) is 0 Å². The lowest BCUT2D eigenvalue weighted by atomic mass is 10.1. The molecule has 0 amide bonds. The number of aromatic nitrogens is 4. The van der Waals surface area contributed by atoms with Gasteiger partial charge in [0.25, 0.3) is 5.69 Å². The molecule has 0 bridgehead atoms. The molecule has 2 aromatic heterocycles. The van der Waals surface area contributed by atoms with Gasteiger partial charge in [0.2, 0.25) is 0 Å². The third-order valence-corrected chi connectivity index (χ3v) is 6.79. The third-order valence-electron chi connectivity index (χ3n) is 5.92. The molecular formula is C25H24N6O2S. The van der Waals surface area contributed by atoms with Gasteiger partial charge in [-0.1, -0.05) is 24.6 Å². The first kappa shape index (κ1) is 22.0. The normalized spacial score (nSPS) is 13.9. The van der Waals surface area contributed by atoms with Crippen LogP contribution in [0.15, 0.2) is 71.6 Å². The molecule has 172 valence electrons. The van der Waals surface area contributed by atoms with E-state index in [0.717, 1.165) is 58.3 Å². The highest BCUT2D eigenvalue weighted by Crippen LogP contribution is 2.27. The van der Waals surface area contributed by atoms with Gasteiger partial charge in [0.15, 0.2) is 10.6 Å². The van der Waals surface area contributed by atoms with Crippen molar-refractivity contribution in [1.82, 2.24) is 19.3 Å². The van der Waals surface area contributed by atoms with Crippen LogP contribution in [0.1, 0.15) is 25.1 Å². The number of fused-ring (bicyclic) bond motifs is 1. The molecule has 0 radical (unpaired) electrons. The highest BCUT2D eigenvalue weighted by molar-refractivity contribution is 7.07. The van der Waals surface area contributed by atoms with E-state index in [4.69, 9.17) is 4.99 Å². The monoisotopic (exact) mass is 472 g/mol.